The van der Waals surface area contributed by atoms with Gasteiger partial charge >= 0.3 is 0 Å². The number of carbonyl (C=O) groups excluding carboxylic acids is 1. The number of piperidine rings is 1. The molecule has 1 amide bonds. The smallest absolute Gasteiger partial charge is 0.251 e. The van der Waals surface area contributed by atoms with Gasteiger partial charge in [0.25, 0.3) is 5.91 Å². The Bertz CT molecular complexity index is 530. The second-order valence-corrected chi connectivity index (χ2v) is 6.66. The lowest BCUT2D eigenvalue weighted by atomic mass is 9.79. The number of nitrogens with one attached hydrogen (secondary N) is 2. The van der Waals surface area contributed by atoms with Gasteiger partial charge in [-0.25, -0.2) is 0 Å². The van der Waals surface area contributed by atoms with E-state index in [-0.39, 0.29) is 11.3 Å². The summed E-state index contributed by atoms with van der Waals surface area (Å²) in [6.07, 6.45) is 5.41. The zero-order valence-corrected chi connectivity index (χ0v) is 13.4. The Morgan fingerprint density at radius 3 is 2.91 bits per heavy atom. The summed E-state index contributed by atoms with van der Waals surface area (Å²) in [5.74, 6) is 0.0766. The molecule has 4 nitrogen and oxygen atoms in total. The lowest BCUT2D eigenvalue weighted by molar-refractivity contribution is 0.0511. The number of aryl methyl sites for hydroxylation is 1. The van der Waals surface area contributed by atoms with Crippen LogP contribution in [0, 0.1) is 5.41 Å². The standard InChI is InChI=1S/C18H26N2O2/c1-22-13-18(8-10-19-11-9-18)12-20-17(21)16-7-3-5-14-4-2-6-15(14)16/h3,5,7,19H,2,4,6,8-13H2,1H3,(H,20,21). The van der Waals surface area contributed by atoms with Gasteiger partial charge < -0.3 is 15.4 Å². The average Bonchev–Trinajstić information content (AvgIpc) is 3.02. The van der Waals surface area contributed by atoms with Crippen LogP contribution in [0.25, 0.3) is 0 Å². The molecule has 1 saturated heterocycles. The van der Waals surface area contributed by atoms with Gasteiger partial charge in [-0.15, -0.1) is 0 Å². The van der Waals surface area contributed by atoms with Gasteiger partial charge in [0, 0.05) is 24.6 Å². The van der Waals surface area contributed by atoms with Gasteiger partial charge in [-0.1, -0.05) is 12.1 Å². The molecule has 1 aromatic carbocycles. The number of ether oxygens (including phenoxy) is 1. The third-order valence-corrected chi connectivity index (χ3v) is 5.13. The molecule has 1 aromatic rings. The van der Waals surface area contributed by atoms with Crippen LogP contribution in [0.5, 0.6) is 0 Å². The van der Waals surface area contributed by atoms with Crippen LogP contribution in [-0.4, -0.2) is 39.3 Å². The summed E-state index contributed by atoms with van der Waals surface area (Å²) >= 11 is 0. The third kappa shape index (κ3) is 3.18. The number of fused-ring (bicyclic) bond motifs is 1. The molecule has 0 spiro atoms. The number of hydrogen-bond donors (Lipinski definition) is 2. The summed E-state index contributed by atoms with van der Waals surface area (Å²) in [7, 11) is 1.75. The Labute approximate surface area is 132 Å². The van der Waals surface area contributed by atoms with Crippen LogP contribution in [0.4, 0.5) is 0 Å². The predicted molar refractivity (Wildman–Crippen MR) is 87.2 cm³/mol. The van der Waals surface area contributed by atoms with Crippen molar-refractivity contribution in [2.45, 2.75) is 32.1 Å². The summed E-state index contributed by atoms with van der Waals surface area (Å²) < 4.78 is 5.42. The van der Waals surface area contributed by atoms with E-state index in [1.165, 1.54) is 17.5 Å². The molecule has 1 heterocycles. The van der Waals surface area contributed by atoms with Gasteiger partial charge in [0.05, 0.1) is 6.61 Å². The van der Waals surface area contributed by atoms with Crippen molar-refractivity contribution in [3.63, 3.8) is 0 Å². The Kier molecular flexibility index (Phi) is 4.79. The molecule has 2 aliphatic rings. The maximum absolute atomic E-state index is 12.6. The Hall–Kier alpha value is -1.39. The normalized spacial score (nSPS) is 19.7. The van der Waals surface area contributed by atoms with E-state index in [2.05, 4.69) is 16.7 Å². The lowest BCUT2D eigenvalue weighted by Crippen LogP contribution is -2.47. The van der Waals surface area contributed by atoms with Gasteiger partial charge in [-0.05, 0) is 62.4 Å². The quantitative estimate of drug-likeness (QED) is 0.874. The van der Waals surface area contributed by atoms with E-state index < -0.39 is 0 Å². The lowest BCUT2D eigenvalue weighted by Gasteiger charge is -2.37. The maximum Gasteiger partial charge on any atom is 0.251 e. The van der Waals surface area contributed by atoms with Crippen LogP contribution in [0.1, 0.15) is 40.7 Å². The fraction of sp³-hybridized carbons (Fsp3) is 0.611. The number of rotatable bonds is 5. The molecule has 1 aliphatic carbocycles. The van der Waals surface area contributed by atoms with Crippen LogP contribution in [-0.2, 0) is 17.6 Å². The molecule has 0 atom stereocenters. The summed E-state index contributed by atoms with van der Waals surface area (Å²) in [5.41, 5.74) is 3.55. The number of amides is 1. The minimum atomic E-state index is 0.0766. The number of carbonyl (C=O) groups is 1. The summed E-state index contributed by atoms with van der Waals surface area (Å²) in [6.45, 7) is 3.41. The van der Waals surface area contributed by atoms with Crippen molar-refractivity contribution in [3.05, 3.63) is 34.9 Å². The highest BCUT2D eigenvalue weighted by atomic mass is 16.5. The average molecular weight is 302 g/mol. The summed E-state index contributed by atoms with van der Waals surface area (Å²) in [6, 6.07) is 6.12. The summed E-state index contributed by atoms with van der Waals surface area (Å²) in [5, 5.41) is 6.56. The van der Waals surface area contributed by atoms with E-state index in [1.807, 2.05) is 12.1 Å². The Balaban J connectivity index is 1.68. The zero-order chi connectivity index (χ0) is 15.4. The van der Waals surface area contributed by atoms with Crippen molar-refractivity contribution in [1.29, 1.82) is 0 Å². The zero-order valence-electron chi connectivity index (χ0n) is 13.4. The molecule has 2 N–H and O–H groups in total. The van der Waals surface area contributed by atoms with E-state index in [4.69, 9.17) is 4.74 Å². The van der Waals surface area contributed by atoms with Gasteiger partial charge in [0.1, 0.15) is 0 Å². The highest BCUT2D eigenvalue weighted by Crippen LogP contribution is 2.29. The topological polar surface area (TPSA) is 50.4 Å². The SMILES string of the molecule is COCC1(CNC(=O)c2cccc3c2CCC3)CCNCC1. The molecule has 0 aromatic heterocycles. The molecule has 22 heavy (non-hydrogen) atoms. The first-order valence-corrected chi connectivity index (χ1v) is 8.33. The van der Waals surface area contributed by atoms with Gasteiger partial charge in [0.15, 0.2) is 0 Å². The molecule has 0 unspecified atom stereocenters. The second kappa shape index (κ2) is 6.80. The highest BCUT2D eigenvalue weighted by Gasteiger charge is 2.32. The Morgan fingerprint density at radius 2 is 2.14 bits per heavy atom. The monoisotopic (exact) mass is 302 g/mol. The molecule has 3 rings (SSSR count). The first-order valence-electron chi connectivity index (χ1n) is 8.33. The van der Waals surface area contributed by atoms with Gasteiger partial charge in [0.2, 0.25) is 0 Å². The number of benzene rings is 1. The molecular weight excluding hydrogens is 276 g/mol. The van der Waals surface area contributed by atoms with E-state index >= 15 is 0 Å². The number of methoxy groups -OCH3 is 1. The molecule has 4 heteroatoms. The van der Waals surface area contributed by atoms with Crippen molar-refractivity contribution >= 4 is 5.91 Å². The largest absolute Gasteiger partial charge is 0.384 e. The van der Waals surface area contributed by atoms with Crippen molar-refractivity contribution in [1.82, 2.24) is 10.6 Å². The fourth-order valence-corrected chi connectivity index (χ4v) is 3.83. The highest BCUT2D eigenvalue weighted by molar-refractivity contribution is 5.96. The van der Waals surface area contributed by atoms with Crippen molar-refractivity contribution in [2.75, 3.05) is 33.4 Å². The van der Waals surface area contributed by atoms with Crippen LogP contribution < -0.4 is 10.6 Å². The van der Waals surface area contributed by atoms with Crippen molar-refractivity contribution < 1.29 is 9.53 Å². The minimum Gasteiger partial charge on any atom is -0.384 e. The predicted octanol–water partition coefficient (Wildman–Crippen LogP) is 1.92. The minimum absolute atomic E-state index is 0.0766. The van der Waals surface area contributed by atoms with Gasteiger partial charge in [-0.2, -0.15) is 0 Å². The number of hydrogen-bond acceptors (Lipinski definition) is 3. The molecule has 1 aliphatic heterocycles. The van der Waals surface area contributed by atoms with Crippen LogP contribution in [0.15, 0.2) is 18.2 Å². The van der Waals surface area contributed by atoms with E-state index in [9.17, 15) is 4.79 Å². The molecule has 0 saturated carbocycles. The second-order valence-electron chi connectivity index (χ2n) is 6.66. The maximum atomic E-state index is 12.6. The first-order chi connectivity index (χ1) is 10.7. The third-order valence-electron chi connectivity index (χ3n) is 5.13. The van der Waals surface area contributed by atoms with Crippen LogP contribution >= 0.6 is 0 Å². The van der Waals surface area contributed by atoms with E-state index in [0.29, 0.717) is 13.2 Å². The molecule has 120 valence electrons. The van der Waals surface area contributed by atoms with E-state index in [0.717, 1.165) is 44.3 Å². The van der Waals surface area contributed by atoms with Crippen molar-refractivity contribution in [2.24, 2.45) is 5.41 Å². The molecule has 0 bridgehead atoms. The van der Waals surface area contributed by atoms with Crippen molar-refractivity contribution in [3.8, 4) is 0 Å². The fourth-order valence-electron chi connectivity index (χ4n) is 3.83. The molecular formula is C18H26N2O2. The Morgan fingerprint density at radius 1 is 1.32 bits per heavy atom. The first kappa shape index (κ1) is 15.5. The van der Waals surface area contributed by atoms with Crippen LogP contribution in [0.3, 0.4) is 0 Å². The summed E-state index contributed by atoms with van der Waals surface area (Å²) in [4.78, 5) is 12.6. The van der Waals surface area contributed by atoms with E-state index in [1.54, 1.807) is 7.11 Å². The molecule has 1 fully saturated rings. The van der Waals surface area contributed by atoms with Crippen LogP contribution in [0.2, 0.25) is 0 Å². The molecule has 0 radical (unpaired) electrons. The van der Waals surface area contributed by atoms with Gasteiger partial charge in [-0.3, -0.25) is 4.79 Å².